The summed E-state index contributed by atoms with van der Waals surface area (Å²) in [6.45, 7) is 0.184. The topological polar surface area (TPSA) is 71.3 Å². The highest BCUT2D eigenvalue weighted by Crippen LogP contribution is 2.16. The minimum atomic E-state index is -3.50. The van der Waals surface area contributed by atoms with Crippen molar-refractivity contribution in [3.63, 3.8) is 0 Å². The smallest absolute Gasteiger partial charge is 0.240 e. The lowest BCUT2D eigenvalue weighted by Gasteiger charge is -2.12. The third-order valence-corrected chi connectivity index (χ3v) is 4.57. The zero-order chi connectivity index (χ0) is 14.6. The van der Waals surface area contributed by atoms with Crippen molar-refractivity contribution in [2.24, 2.45) is 7.05 Å². The predicted molar refractivity (Wildman–Crippen MR) is 76.6 cm³/mol. The molecule has 2 aromatic rings. The molecule has 2 N–H and O–H groups in total. The molecule has 0 aliphatic carbocycles. The molecule has 1 unspecified atom stereocenters. The second-order valence-corrected chi connectivity index (χ2v) is 6.33. The van der Waals surface area contributed by atoms with Gasteiger partial charge < -0.3 is 9.67 Å². The molecule has 6 heteroatoms. The van der Waals surface area contributed by atoms with Gasteiger partial charge in [0.2, 0.25) is 10.0 Å². The summed E-state index contributed by atoms with van der Waals surface area (Å²) in [6, 6.07) is 11.8. The molecule has 20 heavy (non-hydrogen) atoms. The Morgan fingerprint density at radius 1 is 1.20 bits per heavy atom. The number of aryl methyl sites for hydroxylation is 1. The van der Waals surface area contributed by atoms with Gasteiger partial charge in [0.15, 0.2) is 0 Å². The molecule has 1 atom stereocenters. The Morgan fingerprint density at radius 2 is 1.90 bits per heavy atom. The third kappa shape index (κ3) is 3.47. The molecule has 2 rings (SSSR count). The molecule has 0 radical (unpaired) electrons. The number of hydrogen-bond acceptors (Lipinski definition) is 3. The molecule has 5 nitrogen and oxygen atoms in total. The van der Waals surface area contributed by atoms with E-state index in [1.54, 1.807) is 18.2 Å². The fraction of sp³-hybridized carbons (Fsp3) is 0.286. The minimum absolute atomic E-state index is 0.184. The predicted octanol–water partition coefficient (Wildman–Crippen LogP) is 1.43. The highest BCUT2D eigenvalue weighted by molar-refractivity contribution is 7.89. The fourth-order valence-corrected chi connectivity index (χ4v) is 3.05. The summed E-state index contributed by atoms with van der Waals surface area (Å²) in [5.41, 5.74) is 0.768. The van der Waals surface area contributed by atoms with Gasteiger partial charge in [-0.15, -0.1) is 0 Å². The van der Waals surface area contributed by atoms with Gasteiger partial charge in [-0.25, -0.2) is 13.1 Å². The number of aliphatic hydroxyl groups is 1. The minimum Gasteiger partial charge on any atom is -0.387 e. The molecule has 0 fully saturated rings. The third-order valence-electron chi connectivity index (χ3n) is 3.09. The van der Waals surface area contributed by atoms with Gasteiger partial charge in [0.1, 0.15) is 0 Å². The lowest BCUT2D eigenvalue weighted by Crippen LogP contribution is -2.26. The highest BCUT2D eigenvalue weighted by Gasteiger charge is 2.15. The van der Waals surface area contributed by atoms with Gasteiger partial charge in [0, 0.05) is 25.5 Å². The van der Waals surface area contributed by atoms with Crippen molar-refractivity contribution in [1.29, 1.82) is 0 Å². The standard InChI is InChI=1S/C14H18N2O3S/c1-16-11-5-8-13(16)14(17)9-10-15-20(18,19)12-6-3-2-4-7-12/h2-8,11,14-15,17H,9-10H2,1H3. The Bertz CT molecular complexity index is 650. The van der Waals surface area contributed by atoms with Crippen molar-refractivity contribution < 1.29 is 13.5 Å². The zero-order valence-electron chi connectivity index (χ0n) is 11.2. The lowest BCUT2D eigenvalue weighted by atomic mass is 10.2. The number of nitrogens with one attached hydrogen (secondary N) is 1. The van der Waals surface area contributed by atoms with Crippen LogP contribution in [0, 0.1) is 0 Å². The van der Waals surface area contributed by atoms with E-state index in [1.807, 2.05) is 29.9 Å². The van der Waals surface area contributed by atoms with Crippen LogP contribution in [0.5, 0.6) is 0 Å². The summed E-state index contributed by atoms with van der Waals surface area (Å²) >= 11 is 0. The monoisotopic (exact) mass is 294 g/mol. The summed E-state index contributed by atoms with van der Waals surface area (Å²) in [5, 5.41) is 10.0. The van der Waals surface area contributed by atoms with Gasteiger partial charge in [-0.05, 0) is 30.7 Å². The second kappa shape index (κ2) is 6.21. The summed E-state index contributed by atoms with van der Waals surface area (Å²) in [4.78, 5) is 0.230. The van der Waals surface area contributed by atoms with Crippen molar-refractivity contribution in [2.75, 3.05) is 6.54 Å². The molecule has 0 spiro atoms. The summed E-state index contributed by atoms with van der Waals surface area (Å²) < 4.78 is 28.2. The van der Waals surface area contributed by atoms with Crippen LogP contribution in [0.3, 0.4) is 0 Å². The summed E-state index contributed by atoms with van der Waals surface area (Å²) in [5.74, 6) is 0. The number of benzene rings is 1. The molecule has 1 aromatic heterocycles. The average molecular weight is 294 g/mol. The Labute approximate surface area is 118 Å². The zero-order valence-corrected chi connectivity index (χ0v) is 12.0. The van der Waals surface area contributed by atoms with Crippen molar-refractivity contribution in [3.8, 4) is 0 Å². The van der Waals surface area contributed by atoms with Crippen molar-refractivity contribution >= 4 is 10.0 Å². The van der Waals surface area contributed by atoms with Gasteiger partial charge >= 0.3 is 0 Å². The van der Waals surface area contributed by atoms with Crippen LogP contribution in [0.25, 0.3) is 0 Å². The van der Waals surface area contributed by atoms with E-state index in [2.05, 4.69) is 4.72 Å². The van der Waals surface area contributed by atoms with Crippen LogP contribution < -0.4 is 4.72 Å². The van der Waals surface area contributed by atoms with Crippen LogP contribution in [-0.2, 0) is 17.1 Å². The Morgan fingerprint density at radius 3 is 2.50 bits per heavy atom. The molecular formula is C14H18N2O3S. The molecule has 0 amide bonds. The van der Waals surface area contributed by atoms with Crippen molar-refractivity contribution in [1.82, 2.24) is 9.29 Å². The normalized spacial score (nSPS) is 13.3. The van der Waals surface area contributed by atoms with Crippen LogP contribution in [0.4, 0.5) is 0 Å². The number of aliphatic hydroxyl groups excluding tert-OH is 1. The van der Waals surface area contributed by atoms with E-state index >= 15 is 0 Å². The van der Waals surface area contributed by atoms with E-state index < -0.39 is 16.1 Å². The number of rotatable bonds is 6. The van der Waals surface area contributed by atoms with Gasteiger partial charge in [-0.1, -0.05) is 18.2 Å². The van der Waals surface area contributed by atoms with E-state index in [4.69, 9.17) is 0 Å². The summed E-state index contributed by atoms with van der Waals surface area (Å²) in [6.07, 6.45) is 1.48. The van der Waals surface area contributed by atoms with Gasteiger partial charge in [0.05, 0.1) is 11.0 Å². The molecule has 0 aliphatic rings. The van der Waals surface area contributed by atoms with Gasteiger partial charge in [0.25, 0.3) is 0 Å². The molecular weight excluding hydrogens is 276 g/mol. The number of sulfonamides is 1. The maximum atomic E-state index is 12.0. The molecule has 0 saturated heterocycles. The molecule has 1 heterocycles. The first kappa shape index (κ1) is 14.8. The molecule has 108 valence electrons. The van der Waals surface area contributed by atoms with Gasteiger partial charge in [-0.3, -0.25) is 0 Å². The fourth-order valence-electron chi connectivity index (χ4n) is 1.98. The SMILES string of the molecule is Cn1cccc1C(O)CCNS(=O)(=O)c1ccccc1. The van der Waals surface area contributed by atoms with Gasteiger partial charge in [-0.2, -0.15) is 0 Å². The van der Waals surface area contributed by atoms with E-state index in [0.29, 0.717) is 6.42 Å². The molecule has 0 saturated carbocycles. The molecule has 1 aromatic carbocycles. The van der Waals surface area contributed by atoms with Crippen LogP contribution in [-0.4, -0.2) is 24.6 Å². The summed E-state index contributed by atoms with van der Waals surface area (Å²) in [7, 11) is -1.66. The van der Waals surface area contributed by atoms with Crippen molar-refractivity contribution in [3.05, 3.63) is 54.4 Å². The van der Waals surface area contributed by atoms with Crippen LogP contribution in [0.15, 0.2) is 53.6 Å². The first-order valence-electron chi connectivity index (χ1n) is 6.35. The van der Waals surface area contributed by atoms with Crippen molar-refractivity contribution in [2.45, 2.75) is 17.4 Å². The average Bonchev–Trinajstić information content (AvgIpc) is 2.86. The maximum absolute atomic E-state index is 12.0. The van der Waals surface area contributed by atoms with Crippen LogP contribution >= 0.6 is 0 Å². The quantitative estimate of drug-likeness (QED) is 0.846. The largest absolute Gasteiger partial charge is 0.387 e. The molecule has 0 bridgehead atoms. The van der Waals surface area contributed by atoms with E-state index in [9.17, 15) is 13.5 Å². The number of aromatic nitrogens is 1. The number of nitrogens with zero attached hydrogens (tertiary/aromatic N) is 1. The maximum Gasteiger partial charge on any atom is 0.240 e. The highest BCUT2D eigenvalue weighted by atomic mass is 32.2. The first-order valence-corrected chi connectivity index (χ1v) is 7.83. The van der Waals surface area contributed by atoms with Crippen LogP contribution in [0.2, 0.25) is 0 Å². The van der Waals surface area contributed by atoms with E-state index in [1.165, 1.54) is 12.1 Å². The lowest BCUT2D eigenvalue weighted by molar-refractivity contribution is 0.161. The van der Waals surface area contributed by atoms with E-state index in [-0.39, 0.29) is 11.4 Å². The Balaban J connectivity index is 1.92. The first-order chi connectivity index (χ1) is 9.50. The van der Waals surface area contributed by atoms with E-state index in [0.717, 1.165) is 5.69 Å². The molecule has 0 aliphatic heterocycles. The number of hydrogen-bond donors (Lipinski definition) is 2. The Kier molecular flexibility index (Phi) is 4.59. The second-order valence-electron chi connectivity index (χ2n) is 4.56. The Hall–Kier alpha value is -1.63. The van der Waals surface area contributed by atoms with Crippen LogP contribution in [0.1, 0.15) is 18.2 Å².